The molecular formula is C19H14ClN3OS2. The molecule has 1 aromatic carbocycles. The summed E-state index contributed by atoms with van der Waals surface area (Å²) in [5, 5.41) is 3.25. The zero-order chi connectivity index (χ0) is 18.1. The molecule has 0 spiro atoms. The van der Waals surface area contributed by atoms with Gasteiger partial charge < -0.3 is 0 Å². The van der Waals surface area contributed by atoms with Crippen LogP contribution >= 0.6 is 34.3 Å². The highest BCUT2D eigenvalue weighted by Crippen LogP contribution is 2.34. The third kappa shape index (κ3) is 3.35. The van der Waals surface area contributed by atoms with Crippen LogP contribution in [0.4, 0.5) is 5.13 Å². The van der Waals surface area contributed by atoms with E-state index >= 15 is 0 Å². The predicted molar refractivity (Wildman–Crippen MR) is 108 cm³/mol. The molecule has 1 amide bonds. The van der Waals surface area contributed by atoms with Gasteiger partial charge in [-0.3, -0.25) is 14.7 Å². The monoisotopic (exact) mass is 399 g/mol. The highest BCUT2D eigenvalue weighted by Gasteiger charge is 2.23. The van der Waals surface area contributed by atoms with Crippen molar-refractivity contribution in [2.75, 3.05) is 4.90 Å². The number of fused-ring (bicyclic) bond motifs is 1. The predicted octanol–water partition coefficient (Wildman–Crippen LogP) is 5.56. The number of rotatable bonds is 4. The minimum atomic E-state index is -0.0559. The van der Waals surface area contributed by atoms with E-state index in [0.717, 1.165) is 21.3 Å². The molecule has 0 saturated carbocycles. The normalized spacial score (nSPS) is 11.0. The van der Waals surface area contributed by atoms with Gasteiger partial charge in [0, 0.05) is 17.4 Å². The van der Waals surface area contributed by atoms with Crippen molar-refractivity contribution < 1.29 is 4.79 Å². The zero-order valence-electron chi connectivity index (χ0n) is 13.8. The molecule has 0 radical (unpaired) electrons. The van der Waals surface area contributed by atoms with Gasteiger partial charge in [0.25, 0.3) is 5.91 Å². The molecule has 0 N–H and O–H groups in total. The molecule has 0 bridgehead atoms. The number of thiazole rings is 1. The van der Waals surface area contributed by atoms with Crippen LogP contribution in [0.3, 0.4) is 0 Å². The molecule has 3 aromatic heterocycles. The van der Waals surface area contributed by atoms with E-state index in [-0.39, 0.29) is 5.91 Å². The summed E-state index contributed by atoms with van der Waals surface area (Å²) in [7, 11) is 0. The van der Waals surface area contributed by atoms with Crippen LogP contribution in [0.25, 0.3) is 10.2 Å². The molecule has 130 valence electrons. The molecule has 4 aromatic rings. The van der Waals surface area contributed by atoms with Gasteiger partial charge in [0.1, 0.15) is 0 Å². The second-order valence-electron chi connectivity index (χ2n) is 5.79. The molecule has 26 heavy (non-hydrogen) atoms. The Labute approximate surface area is 163 Å². The maximum absolute atomic E-state index is 13.1. The van der Waals surface area contributed by atoms with Crippen LogP contribution in [0, 0.1) is 6.92 Å². The first-order chi connectivity index (χ1) is 12.6. The molecule has 0 unspecified atom stereocenters. The van der Waals surface area contributed by atoms with Crippen LogP contribution in [0.1, 0.15) is 20.8 Å². The Hall–Kier alpha value is -2.28. The quantitative estimate of drug-likeness (QED) is 0.451. The minimum absolute atomic E-state index is 0.0559. The number of hydrogen-bond acceptors (Lipinski definition) is 5. The topological polar surface area (TPSA) is 46.1 Å². The number of carbonyl (C=O) groups excluding carboxylic acids is 1. The van der Waals surface area contributed by atoms with Crippen LogP contribution in [0.5, 0.6) is 0 Å². The molecule has 0 aliphatic heterocycles. The Morgan fingerprint density at radius 3 is 2.77 bits per heavy atom. The number of thiophene rings is 1. The molecule has 3 heterocycles. The van der Waals surface area contributed by atoms with E-state index in [4.69, 9.17) is 16.6 Å². The van der Waals surface area contributed by atoms with Crippen molar-refractivity contribution in [1.29, 1.82) is 0 Å². The van der Waals surface area contributed by atoms with Crippen LogP contribution in [-0.2, 0) is 6.54 Å². The average molecular weight is 400 g/mol. The van der Waals surface area contributed by atoms with Crippen molar-refractivity contribution in [3.8, 4) is 0 Å². The van der Waals surface area contributed by atoms with Gasteiger partial charge >= 0.3 is 0 Å². The maximum atomic E-state index is 13.1. The number of amides is 1. The standard InChI is InChI=1S/C19H14ClN3OS2/c1-12-9-14(20)10-16-17(12)22-19(26-16)23(11-13-4-6-21-7-5-13)18(24)15-3-2-8-25-15/h2-10H,11H2,1H3. The highest BCUT2D eigenvalue weighted by molar-refractivity contribution is 7.22. The molecule has 0 saturated heterocycles. The van der Waals surface area contributed by atoms with E-state index in [1.807, 2.05) is 48.7 Å². The smallest absolute Gasteiger partial charge is 0.270 e. The Morgan fingerprint density at radius 2 is 2.04 bits per heavy atom. The van der Waals surface area contributed by atoms with E-state index in [9.17, 15) is 4.79 Å². The number of aryl methyl sites for hydroxylation is 1. The number of hydrogen-bond donors (Lipinski definition) is 0. The molecule has 4 nitrogen and oxygen atoms in total. The third-order valence-corrected chi connectivity index (χ3v) is 6.04. The van der Waals surface area contributed by atoms with Gasteiger partial charge in [-0.05, 0) is 53.8 Å². The fourth-order valence-electron chi connectivity index (χ4n) is 2.69. The summed E-state index contributed by atoms with van der Waals surface area (Å²) in [4.78, 5) is 24.3. The lowest BCUT2D eigenvalue weighted by Crippen LogP contribution is -2.29. The maximum Gasteiger partial charge on any atom is 0.270 e. The Balaban J connectivity index is 1.79. The second kappa shape index (κ2) is 7.15. The van der Waals surface area contributed by atoms with Gasteiger partial charge in [0.2, 0.25) is 0 Å². The Morgan fingerprint density at radius 1 is 1.23 bits per heavy atom. The first-order valence-electron chi connectivity index (χ1n) is 7.93. The summed E-state index contributed by atoms with van der Waals surface area (Å²) < 4.78 is 0.976. The number of pyridine rings is 1. The van der Waals surface area contributed by atoms with Gasteiger partial charge in [-0.2, -0.15) is 0 Å². The summed E-state index contributed by atoms with van der Waals surface area (Å²) >= 11 is 9.09. The number of benzene rings is 1. The fourth-order valence-corrected chi connectivity index (χ4v) is 4.78. The molecule has 0 aliphatic rings. The summed E-state index contributed by atoms with van der Waals surface area (Å²) in [6.45, 7) is 2.41. The lowest BCUT2D eigenvalue weighted by atomic mass is 10.2. The molecule has 4 rings (SSSR count). The number of nitrogens with zero attached hydrogens (tertiary/aromatic N) is 3. The molecule has 0 aliphatic carbocycles. The summed E-state index contributed by atoms with van der Waals surface area (Å²) in [6.07, 6.45) is 3.46. The largest absolute Gasteiger partial charge is 0.279 e. The molecule has 0 atom stereocenters. The SMILES string of the molecule is Cc1cc(Cl)cc2sc(N(Cc3ccncc3)C(=O)c3cccs3)nc12. The number of halogens is 1. The van der Waals surface area contributed by atoms with Crippen molar-refractivity contribution in [1.82, 2.24) is 9.97 Å². The van der Waals surface area contributed by atoms with Crippen molar-refractivity contribution in [3.05, 3.63) is 75.2 Å². The zero-order valence-corrected chi connectivity index (χ0v) is 16.2. The Bertz CT molecular complexity index is 1060. The van der Waals surface area contributed by atoms with Crippen molar-refractivity contribution in [3.63, 3.8) is 0 Å². The molecule has 7 heteroatoms. The van der Waals surface area contributed by atoms with E-state index in [0.29, 0.717) is 21.6 Å². The first-order valence-corrected chi connectivity index (χ1v) is 10.00. The van der Waals surface area contributed by atoms with Gasteiger partial charge in [0.05, 0.1) is 21.6 Å². The van der Waals surface area contributed by atoms with Gasteiger partial charge in [-0.25, -0.2) is 4.98 Å². The summed E-state index contributed by atoms with van der Waals surface area (Å²) in [5.74, 6) is -0.0559. The van der Waals surface area contributed by atoms with Crippen molar-refractivity contribution in [2.45, 2.75) is 13.5 Å². The van der Waals surface area contributed by atoms with Crippen molar-refractivity contribution >= 4 is 55.5 Å². The van der Waals surface area contributed by atoms with E-state index in [1.54, 1.807) is 17.3 Å². The van der Waals surface area contributed by atoms with Crippen LogP contribution in [0.2, 0.25) is 5.02 Å². The molecular weight excluding hydrogens is 386 g/mol. The van der Waals surface area contributed by atoms with Crippen LogP contribution in [-0.4, -0.2) is 15.9 Å². The fraction of sp³-hybridized carbons (Fsp3) is 0.105. The molecule has 0 fully saturated rings. The summed E-state index contributed by atoms with van der Waals surface area (Å²) in [6, 6.07) is 11.3. The second-order valence-corrected chi connectivity index (χ2v) is 8.18. The lowest BCUT2D eigenvalue weighted by molar-refractivity contribution is 0.0989. The summed E-state index contributed by atoms with van der Waals surface area (Å²) in [5.41, 5.74) is 2.88. The van der Waals surface area contributed by atoms with Gasteiger partial charge in [-0.15, -0.1) is 11.3 Å². The van der Waals surface area contributed by atoms with Crippen LogP contribution in [0.15, 0.2) is 54.2 Å². The van der Waals surface area contributed by atoms with E-state index in [1.165, 1.54) is 22.7 Å². The van der Waals surface area contributed by atoms with E-state index in [2.05, 4.69) is 4.98 Å². The van der Waals surface area contributed by atoms with Crippen molar-refractivity contribution in [2.24, 2.45) is 0 Å². The van der Waals surface area contributed by atoms with Gasteiger partial charge in [0.15, 0.2) is 5.13 Å². The Kier molecular flexibility index (Phi) is 4.72. The lowest BCUT2D eigenvalue weighted by Gasteiger charge is -2.19. The number of carbonyl (C=O) groups is 1. The van der Waals surface area contributed by atoms with Gasteiger partial charge in [-0.1, -0.05) is 29.0 Å². The van der Waals surface area contributed by atoms with Crippen LogP contribution < -0.4 is 4.90 Å². The third-order valence-electron chi connectivity index (χ3n) is 3.94. The number of anilines is 1. The average Bonchev–Trinajstić information content (AvgIpc) is 3.29. The minimum Gasteiger partial charge on any atom is -0.279 e. The van der Waals surface area contributed by atoms with E-state index < -0.39 is 0 Å². The first kappa shape index (κ1) is 17.1. The highest BCUT2D eigenvalue weighted by atomic mass is 35.5. The number of aromatic nitrogens is 2.